The van der Waals surface area contributed by atoms with Gasteiger partial charge in [0, 0.05) is 31.5 Å². The summed E-state index contributed by atoms with van der Waals surface area (Å²) in [5.41, 5.74) is 0.348. The summed E-state index contributed by atoms with van der Waals surface area (Å²) < 4.78 is 0. The van der Waals surface area contributed by atoms with Crippen LogP contribution in [-0.4, -0.2) is 51.7 Å². The number of benzene rings is 1. The molecule has 25 heavy (non-hydrogen) atoms. The highest BCUT2D eigenvalue weighted by molar-refractivity contribution is 6.01. The average molecular weight is 344 g/mol. The van der Waals surface area contributed by atoms with Crippen molar-refractivity contribution in [3.05, 3.63) is 35.4 Å². The average Bonchev–Trinajstić information content (AvgIpc) is 3.14. The number of likely N-dealkylation sites (tertiary alicyclic amines) is 2. The number of imide groups is 1. The summed E-state index contributed by atoms with van der Waals surface area (Å²) in [5.74, 6) is -1.44. The number of nitrogens with zero attached hydrogens (tertiary/aromatic N) is 2. The molecule has 2 saturated heterocycles. The summed E-state index contributed by atoms with van der Waals surface area (Å²) in [6.45, 7) is 2.47. The van der Waals surface area contributed by atoms with Gasteiger partial charge in [0.2, 0.25) is 11.8 Å². The van der Waals surface area contributed by atoms with Gasteiger partial charge in [0.05, 0.1) is 12.0 Å². The molecule has 2 heterocycles. The number of carbonyl (C=O) groups excluding carboxylic acids is 3. The SMILES string of the molecule is CC1(C(=O)O)CCN(C(=O)c2ccc(CN3C(=O)CCC3=O)cc2)C1. The van der Waals surface area contributed by atoms with E-state index >= 15 is 0 Å². The van der Waals surface area contributed by atoms with Crippen molar-refractivity contribution in [3.8, 4) is 0 Å². The lowest BCUT2D eigenvalue weighted by Crippen LogP contribution is -2.34. The predicted octanol–water partition coefficient (Wildman–Crippen LogP) is 1.27. The van der Waals surface area contributed by atoms with Crippen LogP contribution in [0.25, 0.3) is 0 Å². The van der Waals surface area contributed by atoms with Crippen molar-refractivity contribution in [3.63, 3.8) is 0 Å². The van der Waals surface area contributed by atoms with Gasteiger partial charge in [0.15, 0.2) is 0 Å². The zero-order valence-electron chi connectivity index (χ0n) is 14.0. The molecule has 3 rings (SSSR count). The largest absolute Gasteiger partial charge is 0.481 e. The summed E-state index contributed by atoms with van der Waals surface area (Å²) >= 11 is 0. The minimum atomic E-state index is -0.897. The van der Waals surface area contributed by atoms with Crippen LogP contribution in [0, 0.1) is 5.41 Å². The van der Waals surface area contributed by atoms with E-state index in [1.165, 1.54) is 4.90 Å². The lowest BCUT2D eigenvalue weighted by Gasteiger charge is -2.20. The fourth-order valence-corrected chi connectivity index (χ4v) is 3.23. The first kappa shape index (κ1) is 17.1. The Bertz CT molecular complexity index is 726. The van der Waals surface area contributed by atoms with Crippen molar-refractivity contribution in [1.82, 2.24) is 9.80 Å². The summed E-state index contributed by atoms with van der Waals surface area (Å²) in [6.07, 6.45) is 0.949. The molecule has 2 aliphatic heterocycles. The van der Waals surface area contributed by atoms with E-state index in [2.05, 4.69) is 0 Å². The molecule has 1 N–H and O–H groups in total. The molecule has 7 heteroatoms. The second-order valence-corrected chi connectivity index (χ2v) is 6.91. The Kier molecular flexibility index (Phi) is 4.32. The quantitative estimate of drug-likeness (QED) is 0.830. The Morgan fingerprint density at radius 2 is 1.72 bits per heavy atom. The fourth-order valence-electron chi connectivity index (χ4n) is 3.23. The van der Waals surface area contributed by atoms with Gasteiger partial charge in [-0.1, -0.05) is 12.1 Å². The van der Waals surface area contributed by atoms with E-state index in [1.807, 2.05) is 0 Å². The Morgan fingerprint density at radius 1 is 1.12 bits per heavy atom. The number of carbonyl (C=O) groups is 4. The Labute approximate surface area is 145 Å². The van der Waals surface area contributed by atoms with E-state index in [1.54, 1.807) is 36.1 Å². The van der Waals surface area contributed by atoms with Crippen molar-refractivity contribution < 1.29 is 24.3 Å². The van der Waals surface area contributed by atoms with Crippen LogP contribution in [0.4, 0.5) is 0 Å². The van der Waals surface area contributed by atoms with E-state index in [0.29, 0.717) is 18.5 Å². The maximum Gasteiger partial charge on any atom is 0.311 e. The van der Waals surface area contributed by atoms with Crippen LogP contribution >= 0.6 is 0 Å². The molecule has 1 unspecified atom stereocenters. The molecule has 0 bridgehead atoms. The van der Waals surface area contributed by atoms with Crippen LogP contribution in [-0.2, 0) is 20.9 Å². The Hall–Kier alpha value is -2.70. The molecule has 0 saturated carbocycles. The fraction of sp³-hybridized carbons (Fsp3) is 0.444. The molecule has 7 nitrogen and oxygen atoms in total. The number of hydrogen-bond donors (Lipinski definition) is 1. The van der Waals surface area contributed by atoms with Crippen LogP contribution in [0.2, 0.25) is 0 Å². The maximum atomic E-state index is 12.5. The standard InChI is InChI=1S/C18H20N2O5/c1-18(17(24)25)8-9-19(11-18)16(23)13-4-2-12(3-5-13)10-20-14(21)6-7-15(20)22/h2-5H,6-11H2,1H3,(H,24,25). The van der Waals surface area contributed by atoms with E-state index in [-0.39, 0.29) is 43.7 Å². The lowest BCUT2D eigenvalue weighted by atomic mass is 9.90. The number of rotatable bonds is 4. The van der Waals surface area contributed by atoms with Crippen LogP contribution in [0.1, 0.15) is 42.1 Å². The van der Waals surface area contributed by atoms with Gasteiger partial charge in [-0.05, 0) is 31.0 Å². The van der Waals surface area contributed by atoms with Gasteiger partial charge < -0.3 is 10.0 Å². The summed E-state index contributed by atoms with van der Waals surface area (Å²) in [5, 5.41) is 9.26. The second-order valence-electron chi connectivity index (χ2n) is 6.91. The van der Waals surface area contributed by atoms with Crippen LogP contribution in [0.15, 0.2) is 24.3 Å². The zero-order valence-corrected chi connectivity index (χ0v) is 14.0. The minimum Gasteiger partial charge on any atom is -0.481 e. The third-order valence-corrected chi connectivity index (χ3v) is 4.97. The van der Waals surface area contributed by atoms with E-state index in [9.17, 15) is 24.3 Å². The monoisotopic (exact) mass is 344 g/mol. The van der Waals surface area contributed by atoms with Crippen molar-refractivity contribution in [2.45, 2.75) is 32.7 Å². The second kappa shape index (κ2) is 6.31. The lowest BCUT2D eigenvalue weighted by molar-refractivity contribution is -0.147. The van der Waals surface area contributed by atoms with Gasteiger partial charge in [-0.15, -0.1) is 0 Å². The molecule has 3 amide bonds. The van der Waals surface area contributed by atoms with E-state index in [4.69, 9.17) is 0 Å². The van der Waals surface area contributed by atoms with Crippen LogP contribution in [0.5, 0.6) is 0 Å². The Morgan fingerprint density at radius 3 is 2.24 bits per heavy atom. The number of carboxylic acids is 1. The van der Waals surface area contributed by atoms with Crippen molar-refractivity contribution in [1.29, 1.82) is 0 Å². The maximum absolute atomic E-state index is 12.5. The third-order valence-electron chi connectivity index (χ3n) is 4.97. The molecule has 132 valence electrons. The number of carboxylic acid groups (broad SMARTS) is 1. The van der Waals surface area contributed by atoms with Gasteiger partial charge in [-0.3, -0.25) is 24.1 Å². The number of amides is 3. The number of hydrogen-bond acceptors (Lipinski definition) is 4. The molecule has 2 fully saturated rings. The molecule has 1 aromatic carbocycles. The molecule has 0 aliphatic carbocycles. The van der Waals surface area contributed by atoms with Crippen molar-refractivity contribution in [2.24, 2.45) is 5.41 Å². The van der Waals surface area contributed by atoms with Gasteiger partial charge in [0.25, 0.3) is 5.91 Å². The molecule has 1 aromatic rings. The zero-order chi connectivity index (χ0) is 18.2. The normalized spacial score (nSPS) is 23.4. The van der Waals surface area contributed by atoms with Crippen LogP contribution < -0.4 is 0 Å². The molecule has 2 aliphatic rings. The topological polar surface area (TPSA) is 95.0 Å². The molecular weight excluding hydrogens is 324 g/mol. The summed E-state index contributed by atoms with van der Waals surface area (Å²) in [6, 6.07) is 6.75. The minimum absolute atomic E-state index is 0.171. The van der Waals surface area contributed by atoms with Gasteiger partial charge >= 0.3 is 5.97 Å². The smallest absolute Gasteiger partial charge is 0.311 e. The first-order chi connectivity index (χ1) is 11.8. The molecule has 0 radical (unpaired) electrons. The first-order valence-electron chi connectivity index (χ1n) is 8.25. The van der Waals surface area contributed by atoms with Gasteiger partial charge in [-0.2, -0.15) is 0 Å². The summed E-state index contributed by atoms with van der Waals surface area (Å²) in [7, 11) is 0. The highest BCUT2D eigenvalue weighted by Gasteiger charge is 2.42. The molecule has 0 aromatic heterocycles. The molecule has 0 spiro atoms. The van der Waals surface area contributed by atoms with E-state index in [0.717, 1.165) is 5.56 Å². The predicted molar refractivity (Wildman–Crippen MR) is 87.5 cm³/mol. The highest BCUT2D eigenvalue weighted by atomic mass is 16.4. The first-order valence-corrected chi connectivity index (χ1v) is 8.25. The van der Waals surface area contributed by atoms with Crippen LogP contribution in [0.3, 0.4) is 0 Å². The highest BCUT2D eigenvalue weighted by Crippen LogP contribution is 2.31. The van der Waals surface area contributed by atoms with Gasteiger partial charge in [0.1, 0.15) is 0 Å². The van der Waals surface area contributed by atoms with Crippen molar-refractivity contribution in [2.75, 3.05) is 13.1 Å². The van der Waals surface area contributed by atoms with E-state index < -0.39 is 11.4 Å². The molecular formula is C18H20N2O5. The number of aliphatic carboxylic acids is 1. The van der Waals surface area contributed by atoms with Gasteiger partial charge in [-0.25, -0.2) is 0 Å². The summed E-state index contributed by atoms with van der Waals surface area (Å²) in [4.78, 5) is 49.9. The van der Waals surface area contributed by atoms with Crippen molar-refractivity contribution >= 4 is 23.7 Å². The third kappa shape index (κ3) is 3.26. The Balaban J connectivity index is 1.66. The molecule has 1 atom stereocenters.